The molecule has 176 valence electrons. The fourth-order valence-corrected chi connectivity index (χ4v) is 3.82. The predicted octanol–water partition coefficient (Wildman–Crippen LogP) is 3.48. The number of hydrogen-bond donors (Lipinski definition) is 2. The van der Waals surface area contributed by atoms with Gasteiger partial charge in [-0.2, -0.15) is 0 Å². The molecule has 4 rings (SSSR count). The number of carbonyl (C=O) groups excluding carboxylic acids is 2. The van der Waals surface area contributed by atoms with Crippen LogP contribution in [0.5, 0.6) is 11.5 Å². The van der Waals surface area contributed by atoms with Crippen LogP contribution < -0.4 is 20.1 Å². The molecule has 1 aliphatic rings. The number of hydrogen-bond acceptors (Lipinski definition) is 6. The Bertz CT molecular complexity index is 1230. The summed E-state index contributed by atoms with van der Waals surface area (Å²) in [5, 5.41) is 6.24. The minimum Gasteiger partial charge on any atom is -0.493 e. The number of nitrogens with zero attached hydrogens (tertiary/aromatic N) is 2. The molecule has 0 unspecified atom stereocenters. The van der Waals surface area contributed by atoms with E-state index in [4.69, 9.17) is 9.47 Å². The second-order valence-corrected chi connectivity index (χ2v) is 8.11. The molecule has 1 saturated carbocycles. The molecule has 1 aromatic heterocycles. The van der Waals surface area contributed by atoms with Crippen molar-refractivity contribution in [3.63, 3.8) is 0 Å². The molecule has 3 aromatic rings. The molecular formula is C25H25FN4O4. The molecule has 1 fully saturated rings. The summed E-state index contributed by atoms with van der Waals surface area (Å²) in [6.45, 7) is 5.26. The van der Waals surface area contributed by atoms with Gasteiger partial charge in [-0.25, -0.2) is 14.4 Å². The van der Waals surface area contributed by atoms with Gasteiger partial charge in [-0.1, -0.05) is 18.7 Å². The smallest absolute Gasteiger partial charge is 0.271 e. The van der Waals surface area contributed by atoms with E-state index < -0.39 is 5.91 Å². The maximum absolute atomic E-state index is 13.2. The van der Waals surface area contributed by atoms with Crippen molar-refractivity contribution in [3.05, 3.63) is 72.5 Å². The Labute approximate surface area is 196 Å². The van der Waals surface area contributed by atoms with Crippen LogP contribution in [-0.4, -0.2) is 41.0 Å². The van der Waals surface area contributed by atoms with E-state index in [9.17, 15) is 14.0 Å². The van der Waals surface area contributed by atoms with Crippen molar-refractivity contribution in [1.29, 1.82) is 0 Å². The highest BCUT2D eigenvalue weighted by Gasteiger charge is 2.32. The van der Waals surface area contributed by atoms with E-state index in [0.717, 1.165) is 5.56 Å². The number of methoxy groups -OCH3 is 1. The van der Waals surface area contributed by atoms with Crippen LogP contribution >= 0.6 is 0 Å². The number of ether oxygens (including phenoxy) is 2. The van der Waals surface area contributed by atoms with Crippen molar-refractivity contribution in [2.45, 2.75) is 38.0 Å². The zero-order valence-corrected chi connectivity index (χ0v) is 18.9. The number of halogens is 1. The zero-order chi connectivity index (χ0) is 24.2. The van der Waals surface area contributed by atoms with Crippen molar-refractivity contribution in [2.75, 3.05) is 7.11 Å². The Morgan fingerprint density at radius 2 is 1.91 bits per heavy atom. The summed E-state index contributed by atoms with van der Waals surface area (Å²) in [7, 11) is 1.53. The molecule has 0 spiro atoms. The second kappa shape index (κ2) is 9.86. The summed E-state index contributed by atoms with van der Waals surface area (Å²) in [4.78, 5) is 33.0. The van der Waals surface area contributed by atoms with Crippen LogP contribution in [0.4, 0.5) is 4.39 Å². The average molecular weight is 464 g/mol. The number of benzene rings is 2. The number of carbonyl (C=O) groups is 2. The van der Waals surface area contributed by atoms with Gasteiger partial charge in [0.05, 0.1) is 18.7 Å². The Morgan fingerprint density at radius 1 is 1.18 bits per heavy atom. The summed E-state index contributed by atoms with van der Waals surface area (Å²) in [6.07, 6.45) is 3.74. The quantitative estimate of drug-likeness (QED) is 0.495. The molecular weight excluding hydrogens is 439 g/mol. The van der Waals surface area contributed by atoms with Crippen molar-refractivity contribution in [3.8, 4) is 11.5 Å². The lowest BCUT2D eigenvalue weighted by Gasteiger charge is -2.35. The molecule has 8 nitrogen and oxygen atoms in total. The van der Waals surface area contributed by atoms with Crippen LogP contribution in [0.2, 0.25) is 0 Å². The Morgan fingerprint density at radius 3 is 2.59 bits per heavy atom. The van der Waals surface area contributed by atoms with Gasteiger partial charge < -0.3 is 20.1 Å². The monoisotopic (exact) mass is 464 g/mol. The van der Waals surface area contributed by atoms with E-state index in [0.29, 0.717) is 35.2 Å². The maximum Gasteiger partial charge on any atom is 0.271 e. The summed E-state index contributed by atoms with van der Waals surface area (Å²) in [5.41, 5.74) is 1.49. The number of amides is 2. The maximum atomic E-state index is 13.2. The molecule has 2 aromatic carbocycles. The summed E-state index contributed by atoms with van der Waals surface area (Å²) < 4.78 is 24.8. The van der Waals surface area contributed by atoms with Crippen molar-refractivity contribution in [2.24, 2.45) is 0 Å². The molecule has 1 aliphatic carbocycles. The summed E-state index contributed by atoms with van der Waals surface area (Å²) in [5.74, 6) is -0.00301. The average Bonchev–Trinajstić information content (AvgIpc) is 2.81. The van der Waals surface area contributed by atoms with Crippen LogP contribution in [0.1, 0.15) is 41.9 Å². The third-order valence-corrected chi connectivity index (χ3v) is 5.77. The molecule has 0 bridgehead atoms. The number of nitrogens with one attached hydrogen (secondary N) is 2. The van der Waals surface area contributed by atoms with Gasteiger partial charge >= 0.3 is 0 Å². The first-order valence-corrected chi connectivity index (χ1v) is 10.9. The highest BCUT2D eigenvalue weighted by molar-refractivity contribution is 6.05. The lowest BCUT2D eigenvalue weighted by Crippen LogP contribution is -2.48. The molecule has 9 heteroatoms. The van der Waals surface area contributed by atoms with Gasteiger partial charge in [0.25, 0.3) is 5.91 Å². The van der Waals surface area contributed by atoms with Crippen molar-refractivity contribution in [1.82, 2.24) is 20.6 Å². The van der Waals surface area contributed by atoms with Gasteiger partial charge in [-0.3, -0.25) is 9.59 Å². The first-order valence-electron chi connectivity index (χ1n) is 10.9. The van der Waals surface area contributed by atoms with Crippen LogP contribution in [0.25, 0.3) is 10.9 Å². The highest BCUT2D eigenvalue weighted by atomic mass is 19.1. The van der Waals surface area contributed by atoms with Gasteiger partial charge in [0.1, 0.15) is 23.9 Å². The summed E-state index contributed by atoms with van der Waals surface area (Å²) >= 11 is 0. The topological polar surface area (TPSA) is 102 Å². The number of rotatable bonds is 8. The van der Waals surface area contributed by atoms with Crippen molar-refractivity contribution < 1.29 is 23.5 Å². The number of aromatic nitrogens is 2. The first-order chi connectivity index (χ1) is 16.4. The summed E-state index contributed by atoms with van der Waals surface area (Å²) in [6, 6.07) is 9.01. The molecule has 2 N–H and O–H groups in total. The van der Waals surface area contributed by atoms with E-state index in [1.165, 1.54) is 31.6 Å². The lowest BCUT2D eigenvalue weighted by molar-refractivity contribution is -0.118. The first kappa shape index (κ1) is 23.2. The van der Waals surface area contributed by atoms with E-state index in [2.05, 4.69) is 27.2 Å². The largest absolute Gasteiger partial charge is 0.493 e. The van der Waals surface area contributed by atoms with Gasteiger partial charge in [-0.15, -0.1) is 0 Å². The van der Waals surface area contributed by atoms with E-state index >= 15 is 0 Å². The Balaban J connectivity index is 1.54. The van der Waals surface area contributed by atoms with E-state index in [1.54, 1.807) is 24.3 Å². The molecule has 1 atom stereocenters. The van der Waals surface area contributed by atoms with Gasteiger partial charge in [0.15, 0.2) is 11.5 Å². The minimum absolute atomic E-state index is 0.0274. The minimum atomic E-state index is -0.392. The normalized spacial score (nSPS) is 17.9. The van der Waals surface area contributed by atoms with Crippen LogP contribution in [0, 0.1) is 5.82 Å². The third-order valence-electron chi connectivity index (χ3n) is 5.77. The van der Waals surface area contributed by atoms with Gasteiger partial charge in [-0.05, 0) is 36.8 Å². The molecule has 34 heavy (non-hydrogen) atoms. The second-order valence-electron chi connectivity index (χ2n) is 8.11. The molecule has 0 aliphatic heterocycles. The van der Waals surface area contributed by atoms with Gasteiger partial charge in [0, 0.05) is 30.3 Å². The predicted molar refractivity (Wildman–Crippen MR) is 124 cm³/mol. The SMILES string of the molecule is C=CC(=O)NC1CC(Oc2cc3c(C(=O)N[C@H](C)c4ccc(F)cc4)ncnc3cc2OC)C1. The van der Waals surface area contributed by atoms with Crippen LogP contribution in [0.15, 0.2) is 55.4 Å². The third kappa shape index (κ3) is 4.98. The van der Waals surface area contributed by atoms with Gasteiger partial charge in [0.2, 0.25) is 5.91 Å². The molecule has 0 radical (unpaired) electrons. The zero-order valence-electron chi connectivity index (χ0n) is 18.9. The molecule has 0 saturated heterocycles. The molecule has 1 heterocycles. The molecule has 2 amide bonds. The number of fused-ring (bicyclic) bond motifs is 1. The fourth-order valence-electron chi connectivity index (χ4n) is 3.82. The Hall–Kier alpha value is -4.01. The van der Waals surface area contributed by atoms with E-state index in [1.807, 2.05) is 6.92 Å². The van der Waals surface area contributed by atoms with Crippen LogP contribution in [0.3, 0.4) is 0 Å². The highest BCUT2D eigenvalue weighted by Crippen LogP contribution is 2.36. The van der Waals surface area contributed by atoms with E-state index in [-0.39, 0.29) is 35.6 Å². The Kier molecular flexibility index (Phi) is 6.72. The lowest BCUT2D eigenvalue weighted by atomic mass is 9.89. The van der Waals surface area contributed by atoms with Crippen molar-refractivity contribution >= 4 is 22.7 Å². The van der Waals surface area contributed by atoms with Crippen LogP contribution in [-0.2, 0) is 4.79 Å². The fraction of sp³-hybridized carbons (Fsp3) is 0.280. The standard InChI is InChI=1S/C25H25FN4O4/c1-4-23(31)30-17-9-18(10-17)34-22-11-19-20(12-21(22)33-3)27-13-28-24(19)25(32)29-14(2)15-5-7-16(26)8-6-15/h4-8,11-14,17-18H,1,9-10H2,2-3H3,(H,29,32)(H,30,31)/t14-,17?,18?/m1/s1.